The summed E-state index contributed by atoms with van der Waals surface area (Å²) in [5, 5.41) is 18.8. The Hall–Kier alpha value is -1.30. The molecule has 0 aromatic heterocycles. The summed E-state index contributed by atoms with van der Waals surface area (Å²) in [5.41, 5.74) is 0.880. The van der Waals surface area contributed by atoms with Gasteiger partial charge in [-0.3, -0.25) is 9.69 Å². The highest BCUT2D eigenvalue weighted by Crippen LogP contribution is 2.14. The van der Waals surface area contributed by atoms with Crippen molar-refractivity contribution in [1.29, 1.82) is 0 Å². The Morgan fingerprint density at radius 1 is 1.37 bits per heavy atom. The van der Waals surface area contributed by atoms with Gasteiger partial charge in [0.2, 0.25) is 0 Å². The van der Waals surface area contributed by atoms with Crippen LogP contribution in [0.1, 0.15) is 22.3 Å². The zero-order chi connectivity index (χ0) is 14.0. The number of carbonyl (C=O) groups excluding carboxylic acids is 1. The Morgan fingerprint density at radius 2 is 2.00 bits per heavy atom. The Morgan fingerprint density at radius 3 is 2.58 bits per heavy atom. The maximum Gasteiger partial charge on any atom is 0.164 e. The van der Waals surface area contributed by atoms with Gasteiger partial charge in [-0.05, 0) is 18.6 Å². The van der Waals surface area contributed by atoms with E-state index < -0.39 is 12.2 Å². The lowest BCUT2D eigenvalue weighted by Crippen LogP contribution is -2.25. The van der Waals surface area contributed by atoms with Crippen LogP contribution in [0, 0.1) is 12.7 Å². The van der Waals surface area contributed by atoms with Crippen molar-refractivity contribution in [2.75, 3.05) is 19.6 Å². The number of halogens is 1. The zero-order valence-corrected chi connectivity index (χ0v) is 10.8. The molecule has 5 heteroatoms. The molecule has 104 valence electrons. The molecule has 1 aromatic rings. The molecular formula is C14H18FNO3. The lowest BCUT2D eigenvalue weighted by molar-refractivity contribution is 0.0572. The minimum atomic E-state index is -0.744. The van der Waals surface area contributed by atoms with E-state index in [0.29, 0.717) is 30.8 Å². The molecule has 19 heavy (non-hydrogen) atoms. The summed E-state index contributed by atoms with van der Waals surface area (Å²) in [6.07, 6.45) is -1.24. The largest absolute Gasteiger partial charge is 0.389 e. The van der Waals surface area contributed by atoms with Crippen molar-refractivity contribution >= 4 is 5.78 Å². The molecule has 1 aliphatic heterocycles. The standard InChI is InChI=1S/C14H18FNO3/c1-9-2-3-10(6-11(9)15)12(17)4-5-16-7-13(18)14(19)8-16/h2-3,6,13-14,18-19H,4-5,7-8H2,1H3. The van der Waals surface area contributed by atoms with Crippen molar-refractivity contribution in [2.24, 2.45) is 0 Å². The molecule has 1 aliphatic rings. The molecule has 1 heterocycles. The van der Waals surface area contributed by atoms with Crippen LogP contribution in [0.25, 0.3) is 0 Å². The highest BCUT2D eigenvalue weighted by atomic mass is 19.1. The van der Waals surface area contributed by atoms with Crippen molar-refractivity contribution in [3.05, 3.63) is 35.1 Å². The van der Waals surface area contributed by atoms with E-state index in [0.717, 1.165) is 0 Å². The van der Waals surface area contributed by atoms with E-state index in [1.54, 1.807) is 19.1 Å². The Bertz CT molecular complexity index is 468. The van der Waals surface area contributed by atoms with Gasteiger partial charge in [-0.2, -0.15) is 0 Å². The quantitative estimate of drug-likeness (QED) is 0.790. The van der Waals surface area contributed by atoms with Crippen molar-refractivity contribution < 1.29 is 19.4 Å². The van der Waals surface area contributed by atoms with Crippen LogP contribution in [0.3, 0.4) is 0 Å². The molecule has 4 nitrogen and oxygen atoms in total. The molecule has 1 saturated heterocycles. The average Bonchev–Trinajstić information content (AvgIpc) is 2.69. The van der Waals surface area contributed by atoms with Crippen molar-refractivity contribution in [2.45, 2.75) is 25.6 Å². The van der Waals surface area contributed by atoms with Gasteiger partial charge in [0, 0.05) is 31.6 Å². The maximum absolute atomic E-state index is 13.4. The van der Waals surface area contributed by atoms with Crippen LogP contribution >= 0.6 is 0 Å². The molecule has 0 radical (unpaired) electrons. The summed E-state index contributed by atoms with van der Waals surface area (Å²) < 4.78 is 13.4. The summed E-state index contributed by atoms with van der Waals surface area (Å²) in [7, 11) is 0. The van der Waals surface area contributed by atoms with Gasteiger partial charge in [0.1, 0.15) is 5.82 Å². The first-order chi connectivity index (χ1) is 8.97. The van der Waals surface area contributed by atoms with E-state index in [2.05, 4.69) is 0 Å². The van der Waals surface area contributed by atoms with Gasteiger partial charge in [-0.1, -0.05) is 12.1 Å². The zero-order valence-electron chi connectivity index (χ0n) is 10.8. The molecule has 0 bridgehead atoms. The lowest BCUT2D eigenvalue weighted by atomic mass is 10.1. The lowest BCUT2D eigenvalue weighted by Gasteiger charge is -2.13. The van der Waals surface area contributed by atoms with Crippen LogP contribution in [-0.2, 0) is 0 Å². The van der Waals surface area contributed by atoms with E-state index >= 15 is 0 Å². The highest BCUT2D eigenvalue weighted by molar-refractivity contribution is 5.96. The summed E-state index contributed by atoms with van der Waals surface area (Å²) in [5.74, 6) is -0.507. The summed E-state index contributed by atoms with van der Waals surface area (Å²) in [6, 6.07) is 4.46. The van der Waals surface area contributed by atoms with Gasteiger partial charge in [0.25, 0.3) is 0 Å². The maximum atomic E-state index is 13.4. The van der Waals surface area contributed by atoms with Crippen LogP contribution in [0.4, 0.5) is 4.39 Å². The highest BCUT2D eigenvalue weighted by Gasteiger charge is 2.29. The number of likely N-dealkylation sites (tertiary alicyclic amines) is 1. The van der Waals surface area contributed by atoms with Gasteiger partial charge in [0.15, 0.2) is 5.78 Å². The number of rotatable bonds is 4. The van der Waals surface area contributed by atoms with E-state index in [1.165, 1.54) is 6.07 Å². The summed E-state index contributed by atoms with van der Waals surface area (Å²) in [6.45, 7) is 2.85. The number of β-amino-alcohol motifs (C(OH)–C–C–N with tert-alkyl or cyclic N) is 2. The molecule has 0 amide bonds. The van der Waals surface area contributed by atoms with Crippen LogP contribution in [-0.4, -0.2) is 52.7 Å². The fraction of sp³-hybridized carbons (Fsp3) is 0.500. The molecule has 0 saturated carbocycles. The number of carbonyl (C=O) groups is 1. The Kier molecular flexibility index (Phi) is 4.29. The SMILES string of the molecule is Cc1ccc(C(=O)CCN2CC(O)C(O)C2)cc1F. The number of ketones is 1. The molecule has 2 rings (SSSR count). The molecule has 2 unspecified atom stereocenters. The first-order valence-corrected chi connectivity index (χ1v) is 6.35. The number of aliphatic hydroxyl groups excluding tert-OH is 2. The smallest absolute Gasteiger partial charge is 0.164 e. The van der Waals surface area contributed by atoms with E-state index in [4.69, 9.17) is 0 Å². The Labute approximate surface area is 111 Å². The van der Waals surface area contributed by atoms with Crippen LogP contribution in [0.15, 0.2) is 18.2 Å². The summed E-state index contributed by atoms with van der Waals surface area (Å²) in [4.78, 5) is 13.7. The van der Waals surface area contributed by atoms with Crippen molar-refractivity contribution in [3.8, 4) is 0 Å². The predicted molar refractivity (Wildman–Crippen MR) is 68.5 cm³/mol. The Balaban J connectivity index is 1.89. The molecule has 0 spiro atoms. The first kappa shape index (κ1) is 14.1. The normalized spacial score (nSPS) is 23.8. The molecule has 1 fully saturated rings. The molecular weight excluding hydrogens is 249 g/mol. The van der Waals surface area contributed by atoms with E-state index in [-0.39, 0.29) is 18.0 Å². The first-order valence-electron chi connectivity index (χ1n) is 6.35. The number of Topliss-reactive ketones (excluding diaryl/α,β-unsaturated/α-hetero) is 1. The third-order valence-electron chi connectivity index (χ3n) is 3.48. The van der Waals surface area contributed by atoms with Gasteiger partial charge < -0.3 is 10.2 Å². The fourth-order valence-electron chi connectivity index (χ4n) is 2.20. The monoisotopic (exact) mass is 267 g/mol. The van der Waals surface area contributed by atoms with Crippen LogP contribution in [0.5, 0.6) is 0 Å². The van der Waals surface area contributed by atoms with Crippen LogP contribution in [0.2, 0.25) is 0 Å². The van der Waals surface area contributed by atoms with Gasteiger partial charge in [0.05, 0.1) is 12.2 Å². The number of nitrogens with zero attached hydrogens (tertiary/aromatic N) is 1. The minimum absolute atomic E-state index is 0.130. The van der Waals surface area contributed by atoms with E-state index in [9.17, 15) is 19.4 Å². The second-order valence-corrected chi connectivity index (χ2v) is 5.03. The minimum Gasteiger partial charge on any atom is -0.389 e. The second-order valence-electron chi connectivity index (χ2n) is 5.03. The van der Waals surface area contributed by atoms with Crippen LogP contribution < -0.4 is 0 Å². The number of aliphatic hydroxyl groups is 2. The van der Waals surface area contributed by atoms with Crippen molar-refractivity contribution in [1.82, 2.24) is 4.90 Å². The third-order valence-corrected chi connectivity index (χ3v) is 3.48. The fourth-order valence-corrected chi connectivity index (χ4v) is 2.20. The molecule has 1 aromatic carbocycles. The number of hydrogen-bond acceptors (Lipinski definition) is 4. The van der Waals surface area contributed by atoms with E-state index in [1.807, 2.05) is 4.90 Å². The average molecular weight is 267 g/mol. The number of aryl methyl sites for hydroxylation is 1. The molecule has 2 atom stereocenters. The van der Waals surface area contributed by atoms with Gasteiger partial charge in [-0.15, -0.1) is 0 Å². The summed E-state index contributed by atoms with van der Waals surface area (Å²) >= 11 is 0. The number of hydrogen-bond donors (Lipinski definition) is 2. The number of benzene rings is 1. The van der Waals surface area contributed by atoms with Crippen molar-refractivity contribution in [3.63, 3.8) is 0 Å². The van der Waals surface area contributed by atoms with Gasteiger partial charge in [-0.25, -0.2) is 4.39 Å². The molecule has 2 N–H and O–H groups in total. The third kappa shape index (κ3) is 3.37. The molecule has 0 aliphatic carbocycles. The van der Waals surface area contributed by atoms with Gasteiger partial charge >= 0.3 is 0 Å². The predicted octanol–water partition coefficient (Wildman–Crippen LogP) is 0.744. The second kappa shape index (κ2) is 5.77. The topological polar surface area (TPSA) is 60.8 Å².